The van der Waals surface area contributed by atoms with E-state index < -0.39 is 5.97 Å². The molecular weight excluding hydrogens is 202 g/mol. The normalized spacial score (nSPS) is 27.9. The summed E-state index contributed by atoms with van der Waals surface area (Å²) in [5.41, 5.74) is 0.301. The summed E-state index contributed by atoms with van der Waals surface area (Å²) in [6, 6.07) is 0.308. The Morgan fingerprint density at radius 3 is 2.56 bits per heavy atom. The van der Waals surface area contributed by atoms with Crippen LogP contribution in [0.25, 0.3) is 0 Å². The predicted octanol–water partition coefficient (Wildman–Crippen LogP) is 1.83. The van der Waals surface area contributed by atoms with Crippen molar-refractivity contribution in [1.29, 1.82) is 0 Å². The van der Waals surface area contributed by atoms with Gasteiger partial charge in [-0.3, -0.25) is 9.69 Å². The number of carbonyl (C=O) groups is 1. The summed E-state index contributed by atoms with van der Waals surface area (Å²) in [5.74, 6) is 2.28. The molecule has 1 fully saturated rings. The van der Waals surface area contributed by atoms with Crippen molar-refractivity contribution in [3.8, 4) is 12.3 Å². The molecule has 2 unspecified atom stereocenters. The lowest BCUT2D eigenvalue weighted by molar-refractivity contribution is -0.138. The maximum Gasteiger partial charge on any atom is 0.317 e. The highest BCUT2D eigenvalue weighted by molar-refractivity contribution is 5.69. The molecule has 1 saturated carbocycles. The zero-order valence-electron chi connectivity index (χ0n) is 10.4. The molecule has 0 saturated heterocycles. The zero-order chi connectivity index (χ0) is 12.3. The van der Waals surface area contributed by atoms with Crippen molar-refractivity contribution in [3.63, 3.8) is 0 Å². The Hall–Kier alpha value is -1.01. The van der Waals surface area contributed by atoms with Crippen LogP contribution in [0.15, 0.2) is 0 Å². The summed E-state index contributed by atoms with van der Waals surface area (Å²) >= 11 is 0. The molecule has 0 bridgehead atoms. The number of rotatable bonds is 4. The SMILES string of the molecule is C#CCN(CC(=O)O)C1CC(C)(C)CC1C. The van der Waals surface area contributed by atoms with Crippen molar-refractivity contribution in [2.75, 3.05) is 13.1 Å². The fourth-order valence-corrected chi connectivity index (χ4v) is 2.93. The average Bonchev–Trinajstić information content (AvgIpc) is 2.38. The van der Waals surface area contributed by atoms with E-state index in [1.807, 2.05) is 4.90 Å². The van der Waals surface area contributed by atoms with Crippen LogP contribution >= 0.6 is 0 Å². The maximum absolute atomic E-state index is 10.8. The Bertz CT molecular complexity index is 304. The third-order valence-electron chi connectivity index (χ3n) is 3.39. The van der Waals surface area contributed by atoms with Gasteiger partial charge in [0.05, 0.1) is 13.1 Å². The van der Waals surface area contributed by atoms with E-state index in [4.69, 9.17) is 11.5 Å². The Kier molecular flexibility index (Phi) is 3.98. The molecule has 0 spiro atoms. The maximum atomic E-state index is 10.8. The first kappa shape index (κ1) is 13.1. The van der Waals surface area contributed by atoms with Crippen LogP contribution in [0.3, 0.4) is 0 Å². The zero-order valence-corrected chi connectivity index (χ0v) is 10.4. The van der Waals surface area contributed by atoms with Crippen LogP contribution in [-0.4, -0.2) is 35.1 Å². The molecule has 0 aliphatic heterocycles. The van der Waals surface area contributed by atoms with Gasteiger partial charge >= 0.3 is 5.97 Å². The molecule has 0 amide bonds. The number of terminal acetylenes is 1. The number of carboxylic acids is 1. The largest absolute Gasteiger partial charge is 0.480 e. The van der Waals surface area contributed by atoms with Gasteiger partial charge in [-0.1, -0.05) is 26.7 Å². The lowest BCUT2D eigenvalue weighted by Gasteiger charge is -2.29. The molecule has 1 rings (SSSR count). The average molecular weight is 223 g/mol. The van der Waals surface area contributed by atoms with E-state index in [-0.39, 0.29) is 6.54 Å². The molecule has 16 heavy (non-hydrogen) atoms. The molecule has 2 atom stereocenters. The highest BCUT2D eigenvalue weighted by Gasteiger charge is 2.39. The first-order valence-electron chi connectivity index (χ1n) is 5.75. The molecule has 1 N–H and O–H groups in total. The van der Waals surface area contributed by atoms with Crippen LogP contribution < -0.4 is 0 Å². The van der Waals surface area contributed by atoms with Crippen molar-refractivity contribution in [3.05, 3.63) is 0 Å². The summed E-state index contributed by atoms with van der Waals surface area (Å²) in [5, 5.41) is 8.88. The van der Waals surface area contributed by atoms with E-state index in [0.717, 1.165) is 12.8 Å². The van der Waals surface area contributed by atoms with Gasteiger partial charge in [0.1, 0.15) is 0 Å². The van der Waals surface area contributed by atoms with E-state index >= 15 is 0 Å². The molecule has 0 aromatic heterocycles. The van der Waals surface area contributed by atoms with Gasteiger partial charge in [0.25, 0.3) is 0 Å². The number of hydrogen-bond acceptors (Lipinski definition) is 2. The molecule has 0 radical (unpaired) electrons. The van der Waals surface area contributed by atoms with Gasteiger partial charge in [0.15, 0.2) is 0 Å². The molecule has 3 nitrogen and oxygen atoms in total. The molecule has 0 aromatic carbocycles. The summed E-state index contributed by atoms with van der Waals surface area (Å²) in [6.45, 7) is 7.13. The van der Waals surface area contributed by atoms with E-state index in [0.29, 0.717) is 23.9 Å². The van der Waals surface area contributed by atoms with Crippen molar-refractivity contribution >= 4 is 5.97 Å². The van der Waals surface area contributed by atoms with Gasteiger partial charge in [0, 0.05) is 6.04 Å². The fraction of sp³-hybridized carbons (Fsp3) is 0.769. The third kappa shape index (κ3) is 3.24. The van der Waals surface area contributed by atoms with E-state index in [1.54, 1.807) is 0 Å². The number of nitrogens with zero attached hydrogens (tertiary/aromatic N) is 1. The fourth-order valence-electron chi connectivity index (χ4n) is 2.93. The number of aliphatic carboxylic acids is 1. The van der Waals surface area contributed by atoms with Gasteiger partial charge in [-0.05, 0) is 24.2 Å². The second-order valence-electron chi connectivity index (χ2n) is 5.62. The Morgan fingerprint density at radius 2 is 2.19 bits per heavy atom. The predicted molar refractivity (Wildman–Crippen MR) is 64.0 cm³/mol. The number of carboxylic acid groups (broad SMARTS) is 1. The van der Waals surface area contributed by atoms with Gasteiger partial charge in [-0.2, -0.15) is 0 Å². The van der Waals surface area contributed by atoms with Crippen LogP contribution in [0.2, 0.25) is 0 Å². The second kappa shape index (κ2) is 4.88. The van der Waals surface area contributed by atoms with Crippen LogP contribution in [-0.2, 0) is 4.79 Å². The molecular formula is C13H21NO2. The molecule has 0 aromatic rings. The quantitative estimate of drug-likeness (QED) is 0.739. The highest BCUT2D eigenvalue weighted by Crippen LogP contribution is 2.43. The molecule has 90 valence electrons. The lowest BCUT2D eigenvalue weighted by Crippen LogP contribution is -2.41. The van der Waals surface area contributed by atoms with E-state index in [1.165, 1.54) is 0 Å². The van der Waals surface area contributed by atoms with Crippen LogP contribution in [0.4, 0.5) is 0 Å². The first-order valence-corrected chi connectivity index (χ1v) is 5.75. The third-order valence-corrected chi connectivity index (χ3v) is 3.39. The summed E-state index contributed by atoms with van der Waals surface area (Å²) in [4.78, 5) is 12.7. The minimum absolute atomic E-state index is 0.0509. The van der Waals surface area contributed by atoms with Crippen molar-refractivity contribution < 1.29 is 9.90 Å². The summed E-state index contributed by atoms with van der Waals surface area (Å²) < 4.78 is 0. The van der Waals surface area contributed by atoms with Crippen molar-refractivity contribution in [2.24, 2.45) is 11.3 Å². The smallest absolute Gasteiger partial charge is 0.317 e. The summed E-state index contributed by atoms with van der Waals surface area (Å²) in [6.07, 6.45) is 7.47. The van der Waals surface area contributed by atoms with Gasteiger partial charge in [-0.15, -0.1) is 6.42 Å². The van der Waals surface area contributed by atoms with Gasteiger partial charge in [-0.25, -0.2) is 0 Å². The van der Waals surface area contributed by atoms with Gasteiger partial charge in [0.2, 0.25) is 0 Å². The van der Waals surface area contributed by atoms with Crippen LogP contribution in [0.5, 0.6) is 0 Å². The number of hydrogen-bond donors (Lipinski definition) is 1. The standard InChI is InChI=1S/C13H21NO2/c1-5-6-14(9-12(15)16)11-8-13(3,4)7-10(11)2/h1,10-11H,6-9H2,2-4H3,(H,15,16). The molecule has 1 aliphatic carbocycles. The highest BCUT2D eigenvalue weighted by atomic mass is 16.4. The van der Waals surface area contributed by atoms with E-state index in [9.17, 15) is 4.79 Å². The van der Waals surface area contributed by atoms with Crippen LogP contribution in [0.1, 0.15) is 33.6 Å². The second-order valence-corrected chi connectivity index (χ2v) is 5.62. The van der Waals surface area contributed by atoms with E-state index in [2.05, 4.69) is 26.7 Å². The first-order chi connectivity index (χ1) is 7.35. The Balaban J connectivity index is 2.72. The van der Waals surface area contributed by atoms with Crippen LogP contribution in [0, 0.1) is 23.7 Å². The Morgan fingerprint density at radius 1 is 1.56 bits per heavy atom. The van der Waals surface area contributed by atoms with Crippen molar-refractivity contribution in [2.45, 2.75) is 39.7 Å². The Labute approximate surface area is 97.8 Å². The molecule has 1 aliphatic rings. The minimum Gasteiger partial charge on any atom is -0.480 e. The van der Waals surface area contributed by atoms with Gasteiger partial charge < -0.3 is 5.11 Å². The van der Waals surface area contributed by atoms with Crippen molar-refractivity contribution in [1.82, 2.24) is 4.90 Å². The molecule has 0 heterocycles. The summed E-state index contributed by atoms with van der Waals surface area (Å²) in [7, 11) is 0. The topological polar surface area (TPSA) is 40.5 Å². The monoisotopic (exact) mass is 223 g/mol. The lowest BCUT2D eigenvalue weighted by atomic mass is 9.91. The minimum atomic E-state index is -0.799. The molecule has 3 heteroatoms.